The summed E-state index contributed by atoms with van der Waals surface area (Å²) in [5.74, 6) is -0.0391. The Morgan fingerprint density at radius 3 is 2.86 bits per heavy atom. The quantitative estimate of drug-likeness (QED) is 0.289. The third kappa shape index (κ3) is 3.39. The number of ether oxygens (including phenoxy) is 1. The van der Waals surface area contributed by atoms with Gasteiger partial charge in [0, 0.05) is 26.4 Å². The Labute approximate surface area is 172 Å². The van der Waals surface area contributed by atoms with E-state index in [1.165, 1.54) is 24.9 Å². The topological polar surface area (TPSA) is 84.9 Å². The first-order chi connectivity index (χ1) is 13.5. The molecule has 142 valence electrons. The Kier molecular flexibility index (Phi) is 5.09. The summed E-state index contributed by atoms with van der Waals surface area (Å²) in [6.07, 6.45) is 0. The van der Waals surface area contributed by atoms with Crippen molar-refractivity contribution in [2.24, 2.45) is 0 Å². The van der Waals surface area contributed by atoms with Gasteiger partial charge in [-0.15, -0.1) is 11.3 Å². The average molecular weight is 432 g/mol. The number of carbonyl (C=O) groups excluding carboxylic acids is 1. The fraction of sp³-hybridized carbons (Fsp3) is 0.158. The Balaban J connectivity index is 1.70. The summed E-state index contributed by atoms with van der Waals surface area (Å²) in [4.78, 5) is 37.0. The molecule has 1 aromatic carbocycles. The van der Waals surface area contributed by atoms with E-state index in [1.807, 2.05) is 24.3 Å². The predicted octanol–water partition coefficient (Wildman–Crippen LogP) is 4.57. The van der Waals surface area contributed by atoms with Gasteiger partial charge in [-0.25, -0.2) is 14.8 Å². The standard InChI is InChI=1S/C19H14ClN3O3S2/c1-9-7-11(18(25)26-2)14-16(21-9)22-19(23-17(14)24)27-8-13-15(20)10-5-3-4-6-12(10)28-13/h3-7H,8H2,1-2H3,(H,21,22,23,24). The maximum Gasteiger partial charge on any atom is 0.338 e. The second-order valence-electron chi connectivity index (χ2n) is 6.00. The zero-order valence-electron chi connectivity index (χ0n) is 14.9. The summed E-state index contributed by atoms with van der Waals surface area (Å²) in [5, 5.41) is 2.28. The molecule has 0 saturated heterocycles. The van der Waals surface area contributed by atoms with Gasteiger partial charge in [-0.05, 0) is 19.1 Å². The third-order valence-corrected chi connectivity index (χ3v) is 6.93. The molecule has 0 aliphatic rings. The molecule has 1 N–H and O–H groups in total. The number of carbonyl (C=O) groups is 1. The lowest BCUT2D eigenvalue weighted by atomic mass is 10.1. The molecule has 0 bridgehead atoms. The van der Waals surface area contributed by atoms with Gasteiger partial charge in [0.2, 0.25) is 0 Å². The summed E-state index contributed by atoms with van der Waals surface area (Å²) in [6, 6.07) is 9.46. The zero-order chi connectivity index (χ0) is 19.8. The van der Waals surface area contributed by atoms with Gasteiger partial charge in [0.25, 0.3) is 5.56 Å². The molecule has 0 radical (unpaired) electrons. The van der Waals surface area contributed by atoms with Crippen molar-refractivity contribution in [3.05, 3.63) is 61.8 Å². The van der Waals surface area contributed by atoms with Crippen LogP contribution in [0.25, 0.3) is 21.1 Å². The molecule has 0 unspecified atom stereocenters. The molecule has 0 saturated carbocycles. The highest BCUT2D eigenvalue weighted by molar-refractivity contribution is 7.98. The van der Waals surface area contributed by atoms with Crippen LogP contribution in [0.1, 0.15) is 20.9 Å². The van der Waals surface area contributed by atoms with E-state index >= 15 is 0 Å². The average Bonchev–Trinajstić information content (AvgIpc) is 3.00. The van der Waals surface area contributed by atoms with E-state index in [-0.39, 0.29) is 16.6 Å². The second kappa shape index (κ2) is 7.54. The number of fused-ring (bicyclic) bond motifs is 2. The van der Waals surface area contributed by atoms with Gasteiger partial charge >= 0.3 is 5.97 Å². The molecule has 9 heteroatoms. The number of nitrogens with zero attached hydrogens (tertiary/aromatic N) is 2. The van der Waals surface area contributed by atoms with Crippen molar-refractivity contribution >= 4 is 61.8 Å². The van der Waals surface area contributed by atoms with E-state index in [4.69, 9.17) is 16.3 Å². The zero-order valence-corrected chi connectivity index (χ0v) is 17.3. The van der Waals surface area contributed by atoms with Gasteiger partial charge in [0.15, 0.2) is 10.8 Å². The molecule has 4 aromatic rings. The van der Waals surface area contributed by atoms with Crippen LogP contribution in [0.2, 0.25) is 5.02 Å². The molecule has 4 rings (SSSR count). The third-order valence-electron chi connectivity index (χ3n) is 4.13. The van der Waals surface area contributed by atoms with Crippen LogP contribution in [0.5, 0.6) is 0 Å². The van der Waals surface area contributed by atoms with Crippen LogP contribution >= 0.6 is 34.7 Å². The Hall–Kier alpha value is -2.42. The summed E-state index contributed by atoms with van der Waals surface area (Å²) in [5.41, 5.74) is 0.522. The summed E-state index contributed by atoms with van der Waals surface area (Å²) in [6.45, 7) is 1.73. The monoisotopic (exact) mass is 431 g/mol. The van der Waals surface area contributed by atoms with Gasteiger partial charge in [-0.2, -0.15) is 0 Å². The number of rotatable bonds is 4. The SMILES string of the molecule is COC(=O)c1cc(C)nc2nc(SCc3sc4ccccc4c3Cl)[nH]c(=O)c12. The molecular formula is C19H14ClN3O3S2. The lowest BCUT2D eigenvalue weighted by Crippen LogP contribution is -2.16. The number of thiophene rings is 1. The number of methoxy groups -OCH3 is 1. The lowest BCUT2D eigenvalue weighted by molar-refractivity contribution is 0.0602. The lowest BCUT2D eigenvalue weighted by Gasteiger charge is -2.06. The van der Waals surface area contributed by atoms with Gasteiger partial charge in [-0.3, -0.25) is 4.79 Å². The van der Waals surface area contributed by atoms with Crippen LogP contribution in [-0.4, -0.2) is 28.0 Å². The van der Waals surface area contributed by atoms with Crippen LogP contribution in [0.3, 0.4) is 0 Å². The number of aromatic amines is 1. The van der Waals surface area contributed by atoms with Crippen LogP contribution in [0.4, 0.5) is 0 Å². The van der Waals surface area contributed by atoms with Crippen molar-refractivity contribution in [2.75, 3.05) is 7.11 Å². The number of esters is 1. The number of thioether (sulfide) groups is 1. The fourth-order valence-electron chi connectivity index (χ4n) is 2.88. The van der Waals surface area contributed by atoms with Gasteiger partial charge in [0.1, 0.15) is 0 Å². The minimum atomic E-state index is -0.597. The minimum Gasteiger partial charge on any atom is -0.465 e. The van der Waals surface area contributed by atoms with Gasteiger partial charge in [0.05, 0.1) is 23.1 Å². The number of H-pyrrole nitrogens is 1. The van der Waals surface area contributed by atoms with Crippen molar-refractivity contribution in [3.63, 3.8) is 0 Å². The Bertz CT molecular complexity index is 1280. The summed E-state index contributed by atoms with van der Waals surface area (Å²) >= 11 is 9.46. The van der Waals surface area contributed by atoms with Crippen molar-refractivity contribution in [1.29, 1.82) is 0 Å². The number of hydrogen-bond acceptors (Lipinski definition) is 7. The Morgan fingerprint density at radius 2 is 2.11 bits per heavy atom. The largest absolute Gasteiger partial charge is 0.465 e. The second-order valence-corrected chi connectivity index (χ2v) is 8.48. The van der Waals surface area contributed by atoms with E-state index in [9.17, 15) is 9.59 Å². The predicted molar refractivity (Wildman–Crippen MR) is 113 cm³/mol. The number of benzene rings is 1. The highest BCUT2D eigenvalue weighted by Crippen LogP contribution is 2.38. The van der Waals surface area contributed by atoms with E-state index in [0.717, 1.165) is 20.0 Å². The summed E-state index contributed by atoms with van der Waals surface area (Å²) < 4.78 is 5.88. The van der Waals surface area contributed by atoms with E-state index in [1.54, 1.807) is 18.3 Å². The van der Waals surface area contributed by atoms with Crippen molar-refractivity contribution in [2.45, 2.75) is 17.8 Å². The molecule has 3 aromatic heterocycles. The number of aryl methyl sites for hydroxylation is 1. The normalized spacial score (nSPS) is 11.2. The first-order valence-corrected chi connectivity index (χ1v) is 10.4. The van der Waals surface area contributed by atoms with Crippen molar-refractivity contribution < 1.29 is 9.53 Å². The molecule has 0 aliphatic carbocycles. The van der Waals surface area contributed by atoms with Crippen LogP contribution in [0.15, 0.2) is 40.3 Å². The molecule has 0 atom stereocenters. The summed E-state index contributed by atoms with van der Waals surface area (Å²) in [7, 11) is 1.27. The van der Waals surface area contributed by atoms with Gasteiger partial charge < -0.3 is 9.72 Å². The number of hydrogen-bond donors (Lipinski definition) is 1. The molecule has 0 fully saturated rings. The first kappa shape index (κ1) is 18.9. The molecule has 0 amide bonds. The number of nitrogens with one attached hydrogen (secondary N) is 1. The molecule has 28 heavy (non-hydrogen) atoms. The Morgan fingerprint density at radius 1 is 1.32 bits per heavy atom. The minimum absolute atomic E-state index is 0.127. The number of pyridine rings is 1. The first-order valence-electron chi connectivity index (χ1n) is 8.26. The van der Waals surface area contributed by atoms with Gasteiger partial charge in [-0.1, -0.05) is 41.6 Å². The van der Waals surface area contributed by atoms with E-state index < -0.39 is 11.5 Å². The highest BCUT2D eigenvalue weighted by atomic mass is 35.5. The van der Waals surface area contributed by atoms with E-state index in [2.05, 4.69) is 15.0 Å². The molecule has 3 heterocycles. The molecule has 0 aliphatic heterocycles. The number of aromatic nitrogens is 3. The van der Waals surface area contributed by atoms with Crippen LogP contribution < -0.4 is 5.56 Å². The fourth-order valence-corrected chi connectivity index (χ4v) is 5.39. The maximum absolute atomic E-state index is 12.6. The van der Waals surface area contributed by atoms with Crippen LogP contribution in [-0.2, 0) is 10.5 Å². The van der Waals surface area contributed by atoms with E-state index in [0.29, 0.717) is 16.6 Å². The highest BCUT2D eigenvalue weighted by Gasteiger charge is 2.18. The molecular weight excluding hydrogens is 418 g/mol. The number of halogens is 1. The van der Waals surface area contributed by atoms with Crippen LogP contribution in [0, 0.1) is 6.92 Å². The maximum atomic E-state index is 12.6. The smallest absolute Gasteiger partial charge is 0.338 e. The molecule has 6 nitrogen and oxygen atoms in total. The van der Waals surface area contributed by atoms with Crippen molar-refractivity contribution in [1.82, 2.24) is 15.0 Å². The van der Waals surface area contributed by atoms with Crippen molar-refractivity contribution in [3.8, 4) is 0 Å². The molecule has 0 spiro atoms.